The number of carbonyl (C=O) groups is 1. The number of aromatic hydroxyl groups is 1. The quantitative estimate of drug-likeness (QED) is 0.289. The number of hydrogen-bond donors (Lipinski definition) is 5. The van der Waals surface area contributed by atoms with E-state index in [0.717, 1.165) is 16.7 Å². The van der Waals surface area contributed by atoms with Crippen LogP contribution in [0.3, 0.4) is 0 Å². The first kappa shape index (κ1) is 26.3. The van der Waals surface area contributed by atoms with E-state index in [-0.39, 0.29) is 35.5 Å². The van der Waals surface area contributed by atoms with Crippen molar-refractivity contribution in [2.75, 3.05) is 6.54 Å². The second kappa shape index (κ2) is 11.9. The van der Waals surface area contributed by atoms with Gasteiger partial charge in [0.25, 0.3) is 0 Å². The Hall–Kier alpha value is -3.26. The normalized spacial score (nSPS) is 13.3. The summed E-state index contributed by atoms with van der Waals surface area (Å²) in [5.74, 6) is -0.123. The molecule has 1 heterocycles. The van der Waals surface area contributed by atoms with E-state index in [0.29, 0.717) is 18.5 Å². The minimum absolute atomic E-state index is 0.0253. The van der Waals surface area contributed by atoms with Crippen LogP contribution in [0.5, 0.6) is 5.75 Å². The molecular weight excluding hydrogens is 442 g/mol. The lowest BCUT2D eigenvalue weighted by Crippen LogP contribution is -2.43. The van der Waals surface area contributed by atoms with E-state index in [4.69, 9.17) is 0 Å². The van der Waals surface area contributed by atoms with Crippen molar-refractivity contribution in [1.29, 1.82) is 0 Å². The SMILES string of the molecule is C[C@H](NC(=O)Cc1cccc(CC(C)(C)NCC(O)c2ccc(O)c(CO)n2)c1)c1ccccc1. The molecule has 0 saturated heterocycles. The third kappa shape index (κ3) is 7.89. The van der Waals surface area contributed by atoms with Crippen LogP contribution in [0.25, 0.3) is 0 Å². The number of β-amino-alcohol motifs (C(OH)–C–C–N with tert-alkyl or cyclic N) is 1. The van der Waals surface area contributed by atoms with Crippen LogP contribution in [-0.4, -0.2) is 38.3 Å². The van der Waals surface area contributed by atoms with Gasteiger partial charge in [0.05, 0.1) is 24.8 Å². The summed E-state index contributed by atoms with van der Waals surface area (Å²) < 4.78 is 0. The summed E-state index contributed by atoms with van der Waals surface area (Å²) in [4.78, 5) is 16.7. The van der Waals surface area contributed by atoms with Gasteiger partial charge in [-0.3, -0.25) is 4.79 Å². The fraction of sp³-hybridized carbons (Fsp3) is 0.357. The van der Waals surface area contributed by atoms with E-state index in [9.17, 15) is 20.1 Å². The lowest BCUT2D eigenvalue weighted by Gasteiger charge is -2.28. The lowest BCUT2D eigenvalue weighted by atomic mass is 9.93. The topological polar surface area (TPSA) is 115 Å². The van der Waals surface area contributed by atoms with Gasteiger partial charge in [-0.25, -0.2) is 4.98 Å². The molecule has 2 aromatic carbocycles. The number of hydrogen-bond acceptors (Lipinski definition) is 6. The van der Waals surface area contributed by atoms with Gasteiger partial charge < -0.3 is 26.0 Å². The zero-order valence-corrected chi connectivity index (χ0v) is 20.5. The van der Waals surface area contributed by atoms with Crippen LogP contribution < -0.4 is 10.6 Å². The average Bonchev–Trinajstić information content (AvgIpc) is 2.83. The summed E-state index contributed by atoms with van der Waals surface area (Å²) in [5.41, 5.74) is 3.29. The molecule has 0 saturated carbocycles. The van der Waals surface area contributed by atoms with Crippen molar-refractivity contribution >= 4 is 5.91 Å². The molecule has 0 radical (unpaired) electrons. The van der Waals surface area contributed by atoms with Gasteiger partial charge in [0.1, 0.15) is 17.5 Å². The van der Waals surface area contributed by atoms with Crippen LogP contribution in [0.1, 0.15) is 61.0 Å². The molecule has 0 fully saturated rings. The molecule has 3 rings (SSSR count). The third-order valence-corrected chi connectivity index (χ3v) is 5.92. The lowest BCUT2D eigenvalue weighted by molar-refractivity contribution is -0.121. The van der Waals surface area contributed by atoms with Gasteiger partial charge in [0, 0.05) is 12.1 Å². The Morgan fingerprint density at radius 2 is 1.74 bits per heavy atom. The molecule has 0 bridgehead atoms. The highest BCUT2D eigenvalue weighted by atomic mass is 16.3. The minimum atomic E-state index is -0.887. The molecule has 0 aliphatic heterocycles. The second-order valence-corrected chi connectivity index (χ2v) is 9.51. The fourth-order valence-electron chi connectivity index (χ4n) is 4.02. The van der Waals surface area contributed by atoms with E-state index >= 15 is 0 Å². The van der Waals surface area contributed by atoms with Crippen molar-refractivity contribution in [2.24, 2.45) is 0 Å². The van der Waals surface area contributed by atoms with Crippen LogP contribution in [0.4, 0.5) is 0 Å². The molecule has 0 aliphatic carbocycles. The first-order valence-corrected chi connectivity index (χ1v) is 11.8. The molecule has 1 amide bonds. The first-order valence-electron chi connectivity index (χ1n) is 11.8. The van der Waals surface area contributed by atoms with Crippen molar-refractivity contribution in [2.45, 2.75) is 57.9 Å². The van der Waals surface area contributed by atoms with Gasteiger partial charge in [-0.05, 0) is 56.0 Å². The van der Waals surface area contributed by atoms with E-state index in [2.05, 4.69) is 15.6 Å². The minimum Gasteiger partial charge on any atom is -0.506 e. The molecule has 0 aliphatic rings. The number of nitrogens with zero attached hydrogens (tertiary/aromatic N) is 1. The van der Waals surface area contributed by atoms with E-state index in [1.54, 1.807) is 6.07 Å². The highest BCUT2D eigenvalue weighted by Gasteiger charge is 2.21. The summed E-state index contributed by atoms with van der Waals surface area (Å²) in [5, 5.41) is 35.9. The molecule has 2 atom stereocenters. The number of benzene rings is 2. The number of pyridine rings is 1. The highest BCUT2D eigenvalue weighted by molar-refractivity contribution is 5.79. The summed E-state index contributed by atoms with van der Waals surface area (Å²) in [7, 11) is 0. The van der Waals surface area contributed by atoms with Crippen LogP contribution in [0.15, 0.2) is 66.7 Å². The zero-order chi connectivity index (χ0) is 25.4. The molecule has 5 N–H and O–H groups in total. The van der Waals surface area contributed by atoms with E-state index in [1.165, 1.54) is 6.07 Å². The van der Waals surface area contributed by atoms with Crippen LogP contribution in [0, 0.1) is 0 Å². The Bertz CT molecular complexity index is 1120. The summed E-state index contributed by atoms with van der Waals surface area (Å²) in [6.45, 7) is 5.93. The molecule has 7 nitrogen and oxygen atoms in total. The Morgan fingerprint density at radius 1 is 1.03 bits per heavy atom. The Labute approximate surface area is 206 Å². The fourth-order valence-corrected chi connectivity index (χ4v) is 4.02. The Morgan fingerprint density at radius 3 is 2.46 bits per heavy atom. The number of amides is 1. The van der Waals surface area contributed by atoms with Gasteiger partial charge in [0.2, 0.25) is 5.91 Å². The van der Waals surface area contributed by atoms with Crippen LogP contribution in [-0.2, 0) is 24.2 Å². The van der Waals surface area contributed by atoms with Crippen LogP contribution in [0.2, 0.25) is 0 Å². The number of aliphatic hydroxyl groups excluding tert-OH is 2. The van der Waals surface area contributed by atoms with E-state index in [1.807, 2.05) is 75.4 Å². The summed E-state index contributed by atoms with van der Waals surface area (Å²) in [6.07, 6.45) is 0.111. The number of aromatic nitrogens is 1. The number of carbonyl (C=O) groups excluding carboxylic acids is 1. The predicted octanol–water partition coefficient (Wildman–Crippen LogP) is 3.34. The first-order chi connectivity index (χ1) is 16.7. The van der Waals surface area contributed by atoms with Crippen molar-refractivity contribution in [3.63, 3.8) is 0 Å². The van der Waals surface area contributed by atoms with Crippen molar-refractivity contribution in [3.8, 4) is 5.75 Å². The molecule has 7 heteroatoms. The van der Waals surface area contributed by atoms with Crippen LogP contribution >= 0.6 is 0 Å². The molecular formula is C28H35N3O4. The summed E-state index contributed by atoms with van der Waals surface area (Å²) in [6, 6.07) is 20.8. The summed E-state index contributed by atoms with van der Waals surface area (Å²) >= 11 is 0. The molecule has 186 valence electrons. The monoisotopic (exact) mass is 477 g/mol. The Kier molecular flexibility index (Phi) is 8.98. The Balaban J connectivity index is 1.55. The van der Waals surface area contributed by atoms with Gasteiger partial charge in [-0.2, -0.15) is 0 Å². The van der Waals surface area contributed by atoms with Crippen molar-refractivity contribution < 1.29 is 20.1 Å². The van der Waals surface area contributed by atoms with Gasteiger partial charge in [-0.1, -0.05) is 54.6 Å². The molecule has 3 aromatic rings. The predicted molar refractivity (Wildman–Crippen MR) is 136 cm³/mol. The van der Waals surface area contributed by atoms with Gasteiger partial charge in [-0.15, -0.1) is 0 Å². The maximum Gasteiger partial charge on any atom is 0.224 e. The third-order valence-electron chi connectivity index (χ3n) is 5.92. The highest BCUT2D eigenvalue weighted by Crippen LogP contribution is 2.20. The van der Waals surface area contributed by atoms with Crippen molar-refractivity contribution in [3.05, 3.63) is 94.8 Å². The van der Waals surface area contributed by atoms with Gasteiger partial charge >= 0.3 is 0 Å². The smallest absolute Gasteiger partial charge is 0.224 e. The maximum absolute atomic E-state index is 12.6. The molecule has 35 heavy (non-hydrogen) atoms. The number of aliphatic hydroxyl groups is 2. The van der Waals surface area contributed by atoms with E-state index < -0.39 is 12.7 Å². The van der Waals surface area contributed by atoms with Crippen molar-refractivity contribution in [1.82, 2.24) is 15.6 Å². The standard InChI is InChI=1S/C28H35N3O4/c1-19(22-10-5-4-6-11-22)30-27(35)15-20-8-7-9-21(14-20)16-28(2,3)29-17-26(34)23-12-13-25(33)24(18-32)31-23/h4-14,19,26,29,32-34H,15-18H2,1-3H3,(H,30,35)/t19-,26?/m0/s1. The second-order valence-electron chi connectivity index (χ2n) is 9.51. The number of nitrogens with one attached hydrogen (secondary N) is 2. The largest absolute Gasteiger partial charge is 0.506 e. The average molecular weight is 478 g/mol. The zero-order valence-electron chi connectivity index (χ0n) is 20.5. The maximum atomic E-state index is 12.6. The molecule has 1 aromatic heterocycles. The van der Waals surface area contributed by atoms with Gasteiger partial charge in [0.15, 0.2) is 0 Å². The number of rotatable bonds is 11. The molecule has 0 spiro atoms. The molecule has 1 unspecified atom stereocenters.